The highest BCUT2D eigenvalue weighted by Crippen LogP contribution is 2.34. The molecule has 0 atom stereocenters. The molecule has 0 unspecified atom stereocenters. The third kappa shape index (κ3) is 2.70. The van der Waals surface area contributed by atoms with Crippen LogP contribution < -0.4 is 5.32 Å². The number of hydrogen-bond donors (Lipinski definition) is 1. The van der Waals surface area contributed by atoms with Gasteiger partial charge in [0.05, 0.1) is 0 Å². The fourth-order valence-electron chi connectivity index (χ4n) is 2.20. The molecule has 1 saturated carbocycles. The van der Waals surface area contributed by atoms with Crippen molar-refractivity contribution in [2.75, 3.05) is 6.54 Å². The summed E-state index contributed by atoms with van der Waals surface area (Å²) in [5.74, 6) is 0.893. The van der Waals surface area contributed by atoms with Crippen LogP contribution in [-0.2, 0) is 0 Å². The number of rotatable bonds is 6. The van der Waals surface area contributed by atoms with E-state index in [0.717, 1.165) is 5.92 Å². The van der Waals surface area contributed by atoms with Gasteiger partial charge in [-0.3, -0.25) is 0 Å². The summed E-state index contributed by atoms with van der Waals surface area (Å²) in [6.07, 6.45) is 8.21. The molecule has 1 aliphatic carbocycles. The number of hydrogen-bond acceptors (Lipinski definition) is 1. The lowest BCUT2D eigenvalue weighted by atomic mass is 9.74. The zero-order valence-electron chi connectivity index (χ0n) is 9.53. The third-order valence-electron chi connectivity index (χ3n) is 3.91. The molecule has 1 nitrogen and oxygen atoms in total. The van der Waals surface area contributed by atoms with Crippen molar-refractivity contribution in [3.63, 3.8) is 0 Å². The molecule has 0 radical (unpaired) electrons. The van der Waals surface area contributed by atoms with Gasteiger partial charge < -0.3 is 5.32 Å². The van der Waals surface area contributed by atoms with E-state index in [1.807, 2.05) is 0 Å². The molecule has 0 spiro atoms. The second-order valence-corrected chi connectivity index (χ2v) is 4.55. The molecule has 0 saturated heterocycles. The van der Waals surface area contributed by atoms with Crippen LogP contribution in [0.2, 0.25) is 0 Å². The first-order chi connectivity index (χ1) is 6.26. The SMILES string of the molecule is CCC(CC)CNC1(CC)CCC1. The molecule has 0 aliphatic heterocycles. The van der Waals surface area contributed by atoms with Crippen LogP contribution in [0.25, 0.3) is 0 Å². The van der Waals surface area contributed by atoms with Gasteiger partial charge in [-0.05, 0) is 38.1 Å². The minimum atomic E-state index is 0.544. The minimum absolute atomic E-state index is 0.544. The highest BCUT2D eigenvalue weighted by atomic mass is 15.0. The average molecular weight is 183 g/mol. The molecular weight excluding hydrogens is 158 g/mol. The zero-order valence-corrected chi connectivity index (χ0v) is 9.53. The lowest BCUT2D eigenvalue weighted by molar-refractivity contribution is 0.167. The van der Waals surface area contributed by atoms with Crippen LogP contribution in [-0.4, -0.2) is 12.1 Å². The molecular formula is C12H25N. The van der Waals surface area contributed by atoms with E-state index in [9.17, 15) is 0 Å². The predicted octanol–water partition coefficient (Wildman–Crippen LogP) is 3.34. The second-order valence-electron chi connectivity index (χ2n) is 4.55. The van der Waals surface area contributed by atoms with Crippen LogP contribution in [0.4, 0.5) is 0 Å². The van der Waals surface area contributed by atoms with Gasteiger partial charge in [0, 0.05) is 5.54 Å². The highest BCUT2D eigenvalue weighted by molar-refractivity contribution is 4.94. The van der Waals surface area contributed by atoms with E-state index in [-0.39, 0.29) is 0 Å². The van der Waals surface area contributed by atoms with Gasteiger partial charge in [-0.15, -0.1) is 0 Å². The van der Waals surface area contributed by atoms with E-state index < -0.39 is 0 Å². The molecule has 1 heteroatoms. The van der Waals surface area contributed by atoms with Crippen LogP contribution in [0.5, 0.6) is 0 Å². The first-order valence-corrected chi connectivity index (χ1v) is 6.01. The molecule has 1 aliphatic rings. The van der Waals surface area contributed by atoms with Gasteiger partial charge in [-0.1, -0.05) is 33.6 Å². The molecule has 0 heterocycles. The molecule has 0 aromatic carbocycles. The predicted molar refractivity (Wildman–Crippen MR) is 58.9 cm³/mol. The van der Waals surface area contributed by atoms with Gasteiger partial charge in [0.15, 0.2) is 0 Å². The van der Waals surface area contributed by atoms with Crippen LogP contribution in [0.1, 0.15) is 59.3 Å². The third-order valence-corrected chi connectivity index (χ3v) is 3.91. The topological polar surface area (TPSA) is 12.0 Å². The Bertz CT molecular complexity index is 129. The molecule has 0 amide bonds. The van der Waals surface area contributed by atoms with Crippen molar-refractivity contribution >= 4 is 0 Å². The van der Waals surface area contributed by atoms with Crippen LogP contribution >= 0.6 is 0 Å². The summed E-state index contributed by atoms with van der Waals surface area (Å²) in [4.78, 5) is 0. The molecule has 0 bridgehead atoms. The summed E-state index contributed by atoms with van der Waals surface area (Å²) in [5.41, 5.74) is 0.544. The van der Waals surface area contributed by atoms with Gasteiger partial charge in [0.1, 0.15) is 0 Å². The van der Waals surface area contributed by atoms with E-state index in [0.29, 0.717) is 5.54 Å². The maximum atomic E-state index is 3.78. The molecule has 1 fully saturated rings. The Kier molecular flexibility index (Phi) is 4.24. The normalized spacial score (nSPS) is 20.3. The molecule has 0 aromatic rings. The number of nitrogens with one attached hydrogen (secondary N) is 1. The van der Waals surface area contributed by atoms with Crippen molar-refractivity contribution in [2.45, 2.75) is 64.8 Å². The molecule has 0 aromatic heterocycles. The second kappa shape index (κ2) is 4.99. The summed E-state index contributed by atoms with van der Waals surface area (Å²) < 4.78 is 0. The Labute approximate surface area is 83.3 Å². The Morgan fingerprint density at radius 3 is 2.08 bits per heavy atom. The molecule has 1 rings (SSSR count). The summed E-state index contributed by atoms with van der Waals surface area (Å²) in [5, 5.41) is 3.78. The van der Waals surface area contributed by atoms with E-state index in [1.54, 1.807) is 0 Å². The molecule has 13 heavy (non-hydrogen) atoms. The highest BCUT2D eigenvalue weighted by Gasteiger charge is 2.34. The Hall–Kier alpha value is -0.0400. The smallest absolute Gasteiger partial charge is 0.0179 e. The van der Waals surface area contributed by atoms with Crippen molar-refractivity contribution in [3.05, 3.63) is 0 Å². The summed E-state index contributed by atoms with van der Waals surface area (Å²) >= 11 is 0. The Morgan fingerprint density at radius 1 is 1.15 bits per heavy atom. The van der Waals surface area contributed by atoms with Gasteiger partial charge in [-0.25, -0.2) is 0 Å². The maximum absolute atomic E-state index is 3.78. The lowest BCUT2D eigenvalue weighted by Crippen LogP contribution is -2.51. The fourth-order valence-corrected chi connectivity index (χ4v) is 2.20. The fraction of sp³-hybridized carbons (Fsp3) is 1.00. The Morgan fingerprint density at radius 2 is 1.77 bits per heavy atom. The molecule has 1 N–H and O–H groups in total. The van der Waals surface area contributed by atoms with Crippen LogP contribution in [0.3, 0.4) is 0 Å². The Balaban J connectivity index is 2.23. The quantitative estimate of drug-likeness (QED) is 0.666. The summed E-state index contributed by atoms with van der Waals surface area (Å²) in [6, 6.07) is 0. The van der Waals surface area contributed by atoms with Crippen LogP contribution in [0.15, 0.2) is 0 Å². The minimum Gasteiger partial charge on any atom is -0.311 e. The largest absolute Gasteiger partial charge is 0.311 e. The average Bonchev–Trinajstić information content (AvgIpc) is 2.10. The standard InChI is InChI=1S/C12H25N/c1-4-11(5-2)10-13-12(6-3)8-7-9-12/h11,13H,4-10H2,1-3H3. The van der Waals surface area contributed by atoms with Gasteiger partial charge in [0.2, 0.25) is 0 Å². The van der Waals surface area contributed by atoms with Crippen molar-refractivity contribution in [1.82, 2.24) is 5.32 Å². The van der Waals surface area contributed by atoms with Crippen molar-refractivity contribution in [3.8, 4) is 0 Å². The van der Waals surface area contributed by atoms with E-state index in [4.69, 9.17) is 0 Å². The van der Waals surface area contributed by atoms with Crippen molar-refractivity contribution in [2.24, 2.45) is 5.92 Å². The van der Waals surface area contributed by atoms with Crippen LogP contribution in [0, 0.1) is 5.92 Å². The first-order valence-electron chi connectivity index (χ1n) is 6.01. The zero-order chi connectivity index (χ0) is 9.73. The van der Waals surface area contributed by atoms with Crippen molar-refractivity contribution in [1.29, 1.82) is 0 Å². The van der Waals surface area contributed by atoms with Gasteiger partial charge in [-0.2, -0.15) is 0 Å². The summed E-state index contributed by atoms with van der Waals surface area (Å²) in [7, 11) is 0. The lowest BCUT2D eigenvalue weighted by Gasteiger charge is -2.43. The van der Waals surface area contributed by atoms with E-state index >= 15 is 0 Å². The van der Waals surface area contributed by atoms with Crippen molar-refractivity contribution < 1.29 is 0 Å². The monoisotopic (exact) mass is 183 g/mol. The molecule has 78 valence electrons. The van der Waals surface area contributed by atoms with E-state index in [2.05, 4.69) is 26.1 Å². The van der Waals surface area contributed by atoms with E-state index in [1.165, 1.54) is 45.1 Å². The first kappa shape index (κ1) is 11.0. The van der Waals surface area contributed by atoms with Gasteiger partial charge in [0.25, 0.3) is 0 Å². The van der Waals surface area contributed by atoms with Gasteiger partial charge >= 0.3 is 0 Å². The summed E-state index contributed by atoms with van der Waals surface area (Å²) in [6.45, 7) is 8.16. The maximum Gasteiger partial charge on any atom is 0.0179 e.